The maximum absolute atomic E-state index is 11.9. The zero-order chi connectivity index (χ0) is 17.0. The number of morpholine rings is 1. The van der Waals surface area contributed by atoms with Gasteiger partial charge in [0.1, 0.15) is 5.75 Å². The summed E-state index contributed by atoms with van der Waals surface area (Å²) in [6, 6.07) is 7.86. The summed E-state index contributed by atoms with van der Waals surface area (Å²) in [7, 11) is 0. The quantitative estimate of drug-likeness (QED) is 0.518. The molecule has 134 valence electrons. The molecule has 6 heteroatoms. The summed E-state index contributed by atoms with van der Waals surface area (Å²) < 4.78 is 10.7. The third-order valence-electron chi connectivity index (χ3n) is 3.83. The summed E-state index contributed by atoms with van der Waals surface area (Å²) in [6.45, 7) is 8.25. The number of thioether (sulfide) groups is 1. The Kier molecular flexibility index (Phi) is 9.02. The fraction of sp³-hybridized carbons (Fsp3) is 0.611. The number of hydrogen-bond acceptors (Lipinski definition) is 5. The fourth-order valence-electron chi connectivity index (χ4n) is 2.51. The van der Waals surface area contributed by atoms with Gasteiger partial charge < -0.3 is 14.8 Å². The molecule has 1 heterocycles. The molecule has 0 radical (unpaired) electrons. The SMILES string of the molecule is CCOc1ccc(SCC(=O)NCCCCN2CCOCC2)cc1. The van der Waals surface area contributed by atoms with Crippen LogP contribution in [0.2, 0.25) is 0 Å². The standard InChI is InChI=1S/C18H28N2O3S/c1-2-23-16-5-7-17(8-6-16)24-15-18(21)19-9-3-4-10-20-11-13-22-14-12-20/h5-8H,2-4,9-15H2,1H3,(H,19,21). The normalized spacial score (nSPS) is 15.2. The molecule has 1 amide bonds. The second-order valence-corrected chi connectivity index (χ2v) is 6.75. The minimum Gasteiger partial charge on any atom is -0.494 e. The number of amides is 1. The molecule has 0 bridgehead atoms. The lowest BCUT2D eigenvalue weighted by Crippen LogP contribution is -2.37. The van der Waals surface area contributed by atoms with Gasteiger partial charge in [-0.1, -0.05) is 0 Å². The van der Waals surface area contributed by atoms with Crippen molar-refractivity contribution in [2.45, 2.75) is 24.7 Å². The minimum absolute atomic E-state index is 0.0975. The van der Waals surface area contributed by atoms with Crippen molar-refractivity contribution < 1.29 is 14.3 Å². The first-order valence-corrected chi connectivity index (χ1v) is 9.69. The van der Waals surface area contributed by atoms with E-state index in [0.29, 0.717) is 12.4 Å². The minimum atomic E-state index is 0.0975. The van der Waals surface area contributed by atoms with Crippen molar-refractivity contribution in [3.63, 3.8) is 0 Å². The third-order valence-corrected chi connectivity index (χ3v) is 4.84. The lowest BCUT2D eigenvalue weighted by Gasteiger charge is -2.26. The molecule has 0 aliphatic carbocycles. The molecule has 5 nitrogen and oxygen atoms in total. The highest BCUT2D eigenvalue weighted by Crippen LogP contribution is 2.21. The highest BCUT2D eigenvalue weighted by molar-refractivity contribution is 8.00. The Morgan fingerprint density at radius 3 is 2.71 bits per heavy atom. The zero-order valence-electron chi connectivity index (χ0n) is 14.5. The van der Waals surface area contributed by atoms with Crippen molar-refractivity contribution in [2.24, 2.45) is 0 Å². The number of carbonyl (C=O) groups is 1. The molecule has 0 aromatic heterocycles. The highest BCUT2D eigenvalue weighted by Gasteiger charge is 2.09. The number of unbranched alkanes of at least 4 members (excludes halogenated alkanes) is 1. The number of ether oxygens (including phenoxy) is 2. The number of carbonyl (C=O) groups excluding carboxylic acids is 1. The molecular formula is C18H28N2O3S. The summed E-state index contributed by atoms with van der Waals surface area (Å²) in [4.78, 5) is 15.4. The van der Waals surface area contributed by atoms with Crippen molar-refractivity contribution in [1.29, 1.82) is 0 Å². The molecule has 0 unspecified atom stereocenters. The molecule has 0 saturated carbocycles. The van der Waals surface area contributed by atoms with E-state index in [1.807, 2.05) is 31.2 Å². The first-order valence-electron chi connectivity index (χ1n) is 8.70. The summed E-state index contributed by atoms with van der Waals surface area (Å²) >= 11 is 1.55. The second kappa shape index (κ2) is 11.3. The summed E-state index contributed by atoms with van der Waals surface area (Å²) in [6.07, 6.45) is 2.14. The van der Waals surface area contributed by atoms with E-state index in [0.717, 1.165) is 62.9 Å². The summed E-state index contributed by atoms with van der Waals surface area (Å²) in [5.74, 6) is 1.42. The van der Waals surface area contributed by atoms with Crippen molar-refractivity contribution in [2.75, 3.05) is 51.8 Å². The van der Waals surface area contributed by atoms with Crippen molar-refractivity contribution in [3.05, 3.63) is 24.3 Å². The average molecular weight is 353 g/mol. The van der Waals surface area contributed by atoms with E-state index >= 15 is 0 Å². The van der Waals surface area contributed by atoms with Crippen LogP contribution in [-0.2, 0) is 9.53 Å². The molecule has 1 aliphatic rings. The average Bonchev–Trinajstić information content (AvgIpc) is 2.62. The van der Waals surface area contributed by atoms with Gasteiger partial charge in [0.15, 0.2) is 0 Å². The van der Waals surface area contributed by atoms with Gasteiger partial charge >= 0.3 is 0 Å². The Morgan fingerprint density at radius 1 is 1.25 bits per heavy atom. The molecule has 2 rings (SSSR count). The Bertz CT molecular complexity index is 476. The summed E-state index contributed by atoms with van der Waals surface area (Å²) in [5, 5.41) is 2.99. The van der Waals surface area contributed by atoms with Crippen molar-refractivity contribution >= 4 is 17.7 Å². The maximum atomic E-state index is 11.9. The molecule has 24 heavy (non-hydrogen) atoms. The van der Waals surface area contributed by atoms with Crippen LogP contribution in [0.25, 0.3) is 0 Å². The van der Waals surface area contributed by atoms with Crippen LogP contribution in [0.1, 0.15) is 19.8 Å². The van der Waals surface area contributed by atoms with Gasteiger partial charge in [0.2, 0.25) is 5.91 Å². The van der Waals surface area contributed by atoms with Gasteiger partial charge in [0, 0.05) is 24.5 Å². The molecule has 1 aliphatic heterocycles. The van der Waals surface area contributed by atoms with E-state index in [9.17, 15) is 4.79 Å². The van der Waals surface area contributed by atoms with Gasteiger partial charge in [-0.25, -0.2) is 0 Å². The van der Waals surface area contributed by atoms with E-state index < -0.39 is 0 Å². The molecule has 1 aromatic carbocycles. The van der Waals surface area contributed by atoms with Gasteiger partial charge in [-0.15, -0.1) is 11.8 Å². The van der Waals surface area contributed by atoms with E-state index in [1.165, 1.54) is 0 Å². The Balaban J connectivity index is 1.51. The third kappa shape index (κ3) is 7.55. The smallest absolute Gasteiger partial charge is 0.230 e. The Labute approximate surface area is 149 Å². The topological polar surface area (TPSA) is 50.8 Å². The van der Waals surface area contributed by atoms with Gasteiger partial charge in [-0.05, 0) is 50.6 Å². The van der Waals surface area contributed by atoms with E-state index in [-0.39, 0.29) is 5.91 Å². The highest BCUT2D eigenvalue weighted by atomic mass is 32.2. The van der Waals surface area contributed by atoms with Gasteiger partial charge in [0.25, 0.3) is 0 Å². The predicted octanol–water partition coefficient (Wildman–Crippen LogP) is 2.41. The first kappa shape index (κ1) is 19.1. The molecule has 0 spiro atoms. The van der Waals surface area contributed by atoms with Gasteiger partial charge in [-0.2, -0.15) is 0 Å². The van der Waals surface area contributed by atoms with Crippen LogP contribution in [0.15, 0.2) is 29.2 Å². The van der Waals surface area contributed by atoms with Crippen LogP contribution >= 0.6 is 11.8 Å². The second-order valence-electron chi connectivity index (χ2n) is 5.70. The van der Waals surface area contributed by atoms with Crippen LogP contribution in [0.5, 0.6) is 5.75 Å². The monoisotopic (exact) mass is 352 g/mol. The number of benzene rings is 1. The molecule has 1 N–H and O–H groups in total. The van der Waals surface area contributed by atoms with Crippen LogP contribution in [0, 0.1) is 0 Å². The van der Waals surface area contributed by atoms with Crippen molar-refractivity contribution in [1.82, 2.24) is 10.2 Å². The van der Waals surface area contributed by atoms with Crippen LogP contribution in [-0.4, -0.2) is 62.6 Å². The molecule has 0 atom stereocenters. The van der Waals surface area contributed by atoms with Gasteiger partial charge in [-0.3, -0.25) is 9.69 Å². The number of hydrogen-bond donors (Lipinski definition) is 1. The molecule has 1 aromatic rings. The largest absolute Gasteiger partial charge is 0.494 e. The Morgan fingerprint density at radius 2 is 2.00 bits per heavy atom. The van der Waals surface area contributed by atoms with E-state index in [2.05, 4.69) is 10.2 Å². The van der Waals surface area contributed by atoms with E-state index in [4.69, 9.17) is 9.47 Å². The molecular weight excluding hydrogens is 324 g/mol. The van der Waals surface area contributed by atoms with Crippen LogP contribution in [0.3, 0.4) is 0 Å². The number of nitrogens with zero attached hydrogens (tertiary/aromatic N) is 1. The predicted molar refractivity (Wildman–Crippen MR) is 97.8 cm³/mol. The Hall–Kier alpha value is -1.24. The number of nitrogens with one attached hydrogen (secondary N) is 1. The van der Waals surface area contributed by atoms with Crippen LogP contribution < -0.4 is 10.1 Å². The van der Waals surface area contributed by atoms with Crippen LogP contribution in [0.4, 0.5) is 0 Å². The van der Waals surface area contributed by atoms with Gasteiger partial charge in [0.05, 0.1) is 25.6 Å². The lowest BCUT2D eigenvalue weighted by atomic mass is 10.2. The zero-order valence-corrected chi connectivity index (χ0v) is 15.3. The molecule has 1 fully saturated rings. The first-order chi connectivity index (χ1) is 11.8. The fourth-order valence-corrected chi connectivity index (χ4v) is 3.24. The van der Waals surface area contributed by atoms with Crippen molar-refractivity contribution in [3.8, 4) is 5.75 Å². The van der Waals surface area contributed by atoms with E-state index in [1.54, 1.807) is 11.8 Å². The summed E-state index contributed by atoms with van der Waals surface area (Å²) in [5.41, 5.74) is 0. The molecule has 1 saturated heterocycles. The maximum Gasteiger partial charge on any atom is 0.230 e. The lowest BCUT2D eigenvalue weighted by molar-refractivity contribution is -0.118. The number of rotatable bonds is 10.